The summed E-state index contributed by atoms with van der Waals surface area (Å²) in [7, 11) is 0. The van der Waals surface area contributed by atoms with Gasteiger partial charge in [0, 0.05) is 38.1 Å². The highest BCUT2D eigenvalue weighted by atomic mass is 16.3. The van der Waals surface area contributed by atoms with Gasteiger partial charge >= 0.3 is 0 Å². The zero-order chi connectivity index (χ0) is 34.0. The van der Waals surface area contributed by atoms with Gasteiger partial charge in [0.1, 0.15) is 11.2 Å². The SMILES string of the molecule is c1ccc(-c2nc3c(-c4ccc5c(c4)C4(c6ccccc6-c6ccccc64)c4ccccc4-5)cccc3c3c2ccc2oc4ccccc4c23)cc1. The molecule has 0 bridgehead atoms. The first-order valence-corrected chi connectivity index (χ1v) is 18.0. The lowest BCUT2D eigenvalue weighted by molar-refractivity contribution is 0.669. The Morgan fingerprint density at radius 1 is 0.365 bits per heavy atom. The number of aromatic nitrogens is 1. The first-order chi connectivity index (χ1) is 25.8. The molecule has 2 aromatic heterocycles. The average Bonchev–Trinajstić information content (AvgIpc) is 3.84. The second-order valence-corrected chi connectivity index (χ2v) is 14.1. The molecule has 0 unspecified atom stereocenters. The van der Waals surface area contributed by atoms with Crippen LogP contribution in [-0.4, -0.2) is 4.98 Å². The van der Waals surface area contributed by atoms with Crippen molar-refractivity contribution in [3.05, 3.63) is 198 Å². The minimum atomic E-state index is -0.406. The van der Waals surface area contributed by atoms with Gasteiger partial charge < -0.3 is 4.42 Å². The molecule has 12 rings (SSSR count). The van der Waals surface area contributed by atoms with Crippen LogP contribution < -0.4 is 0 Å². The fourth-order valence-electron chi connectivity index (χ4n) is 9.64. The molecule has 52 heavy (non-hydrogen) atoms. The standard InChI is InChI=1S/C50H29NO/c1-2-13-30(14-3-1)48-39-27-28-45-47(37-18-7-11-24-44(37)52-45)46(39)38-20-12-19-32(49(38)51-48)31-25-26-36-35-17-6-10-23-42(35)50(43(36)29-31)40-21-8-4-15-33(40)34-16-5-9-22-41(34)50/h1-29H. The van der Waals surface area contributed by atoms with Crippen molar-refractivity contribution in [2.75, 3.05) is 0 Å². The summed E-state index contributed by atoms with van der Waals surface area (Å²) < 4.78 is 6.44. The first kappa shape index (κ1) is 28.0. The minimum Gasteiger partial charge on any atom is -0.456 e. The Bertz CT molecular complexity index is 3070. The van der Waals surface area contributed by atoms with Crippen LogP contribution in [0.15, 0.2) is 180 Å². The lowest BCUT2D eigenvalue weighted by Gasteiger charge is -2.30. The Labute approximate surface area is 300 Å². The molecule has 0 radical (unpaired) electrons. The van der Waals surface area contributed by atoms with Crippen molar-refractivity contribution in [3.8, 4) is 44.6 Å². The van der Waals surface area contributed by atoms with Gasteiger partial charge in [-0.05, 0) is 74.3 Å². The second-order valence-electron chi connectivity index (χ2n) is 14.1. The van der Waals surface area contributed by atoms with Gasteiger partial charge in [0.05, 0.1) is 16.6 Å². The number of hydrogen-bond donors (Lipinski definition) is 0. The highest BCUT2D eigenvalue weighted by molar-refractivity contribution is 6.29. The van der Waals surface area contributed by atoms with Crippen LogP contribution in [-0.2, 0) is 5.41 Å². The van der Waals surface area contributed by atoms with Crippen molar-refractivity contribution in [1.82, 2.24) is 4.98 Å². The largest absolute Gasteiger partial charge is 0.456 e. The normalized spacial score (nSPS) is 13.5. The molecular formula is C50H29NO. The van der Waals surface area contributed by atoms with E-state index in [1.165, 1.54) is 49.9 Å². The van der Waals surface area contributed by atoms with E-state index in [-0.39, 0.29) is 0 Å². The Balaban J connectivity index is 1.20. The van der Waals surface area contributed by atoms with Crippen molar-refractivity contribution in [2.45, 2.75) is 5.41 Å². The zero-order valence-electron chi connectivity index (χ0n) is 28.1. The molecule has 2 aliphatic carbocycles. The van der Waals surface area contributed by atoms with Gasteiger partial charge in [-0.3, -0.25) is 0 Å². The highest BCUT2D eigenvalue weighted by Gasteiger charge is 2.51. The van der Waals surface area contributed by atoms with Crippen molar-refractivity contribution >= 4 is 43.6 Å². The predicted molar refractivity (Wildman–Crippen MR) is 214 cm³/mol. The van der Waals surface area contributed by atoms with Gasteiger partial charge in [-0.2, -0.15) is 0 Å². The van der Waals surface area contributed by atoms with Gasteiger partial charge in [-0.15, -0.1) is 0 Å². The van der Waals surface area contributed by atoms with E-state index in [1.807, 2.05) is 6.07 Å². The van der Waals surface area contributed by atoms with E-state index >= 15 is 0 Å². The Hall–Kier alpha value is -6.77. The maximum absolute atomic E-state index is 6.44. The third-order valence-corrected chi connectivity index (χ3v) is 11.7. The van der Waals surface area contributed by atoms with E-state index in [1.54, 1.807) is 0 Å². The summed E-state index contributed by atoms with van der Waals surface area (Å²) in [6.45, 7) is 0. The van der Waals surface area contributed by atoms with Crippen molar-refractivity contribution in [3.63, 3.8) is 0 Å². The molecule has 2 heteroatoms. The van der Waals surface area contributed by atoms with E-state index < -0.39 is 5.41 Å². The lowest BCUT2D eigenvalue weighted by Crippen LogP contribution is -2.25. The Morgan fingerprint density at radius 3 is 1.69 bits per heavy atom. The van der Waals surface area contributed by atoms with Crippen LogP contribution in [0.1, 0.15) is 22.3 Å². The molecule has 0 saturated heterocycles. The fraction of sp³-hybridized carbons (Fsp3) is 0.0200. The number of hydrogen-bond acceptors (Lipinski definition) is 2. The van der Waals surface area contributed by atoms with Crippen LogP contribution in [0.5, 0.6) is 0 Å². The molecule has 0 amide bonds. The quantitative estimate of drug-likeness (QED) is 0.173. The molecule has 10 aromatic rings. The van der Waals surface area contributed by atoms with Gasteiger partial charge in [0.25, 0.3) is 0 Å². The van der Waals surface area contributed by atoms with Crippen LogP contribution in [0.25, 0.3) is 88.3 Å². The van der Waals surface area contributed by atoms with Gasteiger partial charge in [0.15, 0.2) is 0 Å². The highest BCUT2D eigenvalue weighted by Crippen LogP contribution is 2.63. The molecule has 0 aliphatic heterocycles. The van der Waals surface area contributed by atoms with Crippen LogP contribution in [0.2, 0.25) is 0 Å². The van der Waals surface area contributed by atoms with Gasteiger partial charge in [-0.1, -0.05) is 152 Å². The van der Waals surface area contributed by atoms with Crippen LogP contribution in [0, 0.1) is 0 Å². The van der Waals surface area contributed by atoms with Crippen molar-refractivity contribution < 1.29 is 4.42 Å². The van der Waals surface area contributed by atoms with Crippen LogP contribution >= 0.6 is 0 Å². The molecule has 0 atom stereocenters. The molecule has 1 spiro atoms. The Morgan fingerprint density at radius 2 is 0.962 bits per heavy atom. The molecule has 0 fully saturated rings. The first-order valence-electron chi connectivity index (χ1n) is 18.0. The lowest BCUT2D eigenvalue weighted by atomic mass is 9.70. The van der Waals surface area contributed by atoms with Gasteiger partial charge in [0.2, 0.25) is 0 Å². The van der Waals surface area contributed by atoms with E-state index in [2.05, 4.69) is 170 Å². The molecule has 0 N–H and O–H groups in total. The monoisotopic (exact) mass is 659 g/mol. The summed E-state index contributed by atoms with van der Waals surface area (Å²) in [5.74, 6) is 0. The maximum atomic E-state index is 6.44. The third kappa shape index (κ3) is 3.46. The topological polar surface area (TPSA) is 26.0 Å². The number of rotatable bonds is 2. The zero-order valence-corrected chi connectivity index (χ0v) is 28.1. The number of furan rings is 1. The number of benzene rings is 8. The number of para-hydroxylation sites is 2. The summed E-state index contributed by atoms with van der Waals surface area (Å²) >= 11 is 0. The molecular weight excluding hydrogens is 631 g/mol. The average molecular weight is 660 g/mol. The molecule has 2 heterocycles. The summed E-state index contributed by atoms with van der Waals surface area (Å²) in [5.41, 5.74) is 17.3. The minimum absolute atomic E-state index is 0.406. The third-order valence-electron chi connectivity index (χ3n) is 11.7. The molecule has 0 saturated carbocycles. The Kier molecular flexibility index (Phi) is 5.46. The number of fused-ring (bicyclic) bond motifs is 17. The second kappa shape index (κ2) is 10.2. The smallest absolute Gasteiger partial charge is 0.136 e. The van der Waals surface area contributed by atoms with E-state index in [4.69, 9.17) is 9.40 Å². The molecule has 2 aliphatic rings. The molecule has 240 valence electrons. The summed E-state index contributed by atoms with van der Waals surface area (Å²) in [6, 6.07) is 64.1. The molecule has 2 nitrogen and oxygen atoms in total. The predicted octanol–water partition coefficient (Wildman–Crippen LogP) is 13.0. The summed E-state index contributed by atoms with van der Waals surface area (Å²) in [6.07, 6.45) is 0. The van der Waals surface area contributed by atoms with Crippen molar-refractivity contribution in [2.24, 2.45) is 0 Å². The van der Waals surface area contributed by atoms with Crippen LogP contribution in [0.3, 0.4) is 0 Å². The number of pyridine rings is 1. The van der Waals surface area contributed by atoms with Crippen molar-refractivity contribution in [1.29, 1.82) is 0 Å². The summed E-state index contributed by atoms with van der Waals surface area (Å²) in [4.78, 5) is 5.58. The van der Waals surface area contributed by atoms with E-state index in [0.29, 0.717) is 0 Å². The van der Waals surface area contributed by atoms with Gasteiger partial charge in [-0.25, -0.2) is 4.98 Å². The van der Waals surface area contributed by atoms with Crippen LogP contribution in [0.4, 0.5) is 0 Å². The van der Waals surface area contributed by atoms with E-state index in [0.717, 1.165) is 60.6 Å². The maximum Gasteiger partial charge on any atom is 0.136 e. The molecule has 8 aromatic carbocycles. The van der Waals surface area contributed by atoms with E-state index in [9.17, 15) is 0 Å². The summed E-state index contributed by atoms with van der Waals surface area (Å²) in [5, 5.41) is 5.68. The number of nitrogens with zero attached hydrogens (tertiary/aromatic N) is 1. The fourth-order valence-corrected chi connectivity index (χ4v) is 9.64.